The Morgan fingerprint density at radius 2 is 2.09 bits per heavy atom. The molecule has 9 nitrogen and oxygen atoms in total. The molecule has 1 aromatic carbocycles. The van der Waals surface area contributed by atoms with E-state index in [1.54, 1.807) is 7.11 Å². The number of nitrogen functional groups attached to an aromatic ring is 1. The first-order valence-electron chi connectivity index (χ1n) is 11.3. The second-order valence-corrected chi connectivity index (χ2v) is 8.91. The van der Waals surface area contributed by atoms with E-state index in [9.17, 15) is 0 Å². The fourth-order valence-corrected chi connectivity index (χ4v) is 4.87. The third kappa shape index (κ3) is 3.52. The molecule has 3 N–H and O–H groups in total. The summed E-state index contributed by atoms with van der Waals surface area (Å²) in [4.78, 5) is 13.4. The first kappa shape index (κ1) is 20.1. The summed E-state index contributed by atoms with van der Waals surface area (Å²) in [5.74, 6) is 7.93. The van der Waals surface area contributed by atoms with Gasteiger partial charge in [0.25, 0.3) is 0 Å². The summed E-state index contributed by atoms with van der Waals surface area (Å²) in [7, 11) is 1.72. The fraction of sp³-hybridized carbons (Fsp3) is 0.417. The van der Waals surface area contributed by atoms with Gasteiger partial charge < -0.3 is 20.4 Å². The summed E-state index contributed by atoms with van der Waals surface area (Å²) in [5, 5.41) is 9.00. The average Bonchev–Trinajstić information content (AvgIpc) is 3.25. The number of aryl methyl sites for hydroxylation is 1. The molecule has 0 bridgehead atoms. The highest BCUT2D eigenvalue weighted by atomic mass is 16.5. The third-order valence-electron chi connectivity index (χ3n) is 6.53. The summed E-state index contributed by atoms with van der Waals surface area (Å²) < 4.78 is 9.57. The van der Waals surface area contributed by atoms with Crippen molar-refractivity contribution in [3.63, 3.8) is 0 Å². The Morgan fingerprint density at radius 1 is 1.21 bits per heavy atom. The number of nitrogens with zero attached hydrogens (tertiary/aromatic N) is 6. The molecule has 1 aliphatic heterocycles. The van der Waals surface area contributed by atoms with Crippen LogP contribution in [0, 0.1) is 18.8 Å². The van der Waals surface area contributed by atoms with Crippen LogP contribution < -0.4 is 11.1 Å². The Balaban J connectivity index is 1.37. The maximum Gasteiger partial charge on any atom is 0.164 e. The van der Waals surface area contributed by atoms with Crippen molar-refractivity contribution in [3.8, 4) is 11.8 Å². The number of ether oxygens (including phenoxy) is 1. The maximum atomic E-state index is 6.22. The minimum absolute atomic E-state index is 0.156. The minimum atomic E-state index is 0.156. The van der Waals surface area contributed by atoms with Crippen LogP contribution in [0.15, 0.2) is 24.5 Å². The van der Waals surface area contributed by atoms with Gasteiger partial charge in [-0.2, -0.15) is 5.10 Å². The number of anilines is 1. The van der Waals surface area contributed by atoms with Crippen molar-refractivity contribution in [1.29, 1.82) is 0 Å². The van der Waals surface area contributed by atoms with Crippen LogP contribution in [0.2, 0.25) is 0 Å². The molecular formula is C24H26N8O. The molecule has 4 aromatic rings. The van der Waals surface area contributed by atoms with Gasteiger partial charge in [0.2, 0.25) is 0 Å². The van der Waals surface area contributed by atoms with Crippen LogP contribution in [0.25, 0.3) is 22.1 Å². The number of imidazole rings is 1. The summed E-state index contributed by atoms with van der Waals surface area (Å²) in [5.41, 5.74) is 10.6. The topological polar surface area (TPSA) is 109 Å². The molecule has 33 heavy (non-hydrogen) atoms. The molecule has 3 aromatic heterocycles. The average molecular weight is 443 g/mol. The Hall–Kier alpha value is -3.48. The van der Waals surface area contributed by atoms with Crippen molar-refractivity contribution in [1.82, 2.24) is 34.6 Å². The van der Waals surface area contributed by atoms with Gasteiger partial charge in [-0.1, -0.05) is 5.92 Å². The standard InChI is InChI=1S/C24H26N8O/c1-14-29-20-9-15(4-8-21(20)31(14)17-5-6-17)3-7-19-22-23(25)27-13-28-24(22)32(30-19)18-10-16(12-33-2)26-11-18/h4,8-9,13,16-18,26H,5-6,10-12H2,1-2H3,(H2,25,27,28)/t16-,18+/m1/s1. The lowest BCUT2D eigenvalue weighted by molar-refractivity contribution is 0.172. The van der Waals surface area contributed by atoms with E-state index in [1.807, 2.05) is 16.8 Å². The molecule has 0 radical (unpaired) electrons. The Labute approximate surface area is 191 Å². The summed E-state index contributed by atoms with van der Waals surface area (Å²) in [6, 6.07) is 7.25. The molecule has 2 aliphatic rings. The van der Waals surface area contributed by atoms with Crippen molar-refractivity contribution >= 4 is 27.9 Å². The molecule has 0 spiro atoms. The van der Waals surface area contributed by atoms with Crippen molar-refractivity contribution in [3.05, 3.63) is 41.6 Å². The zero-order valence-corrected chi connectivity index (χ0v) is 18.7. The van der Waals surface area contributed by atoms with Crippen LogP contribution in [0.4, 0.5) is 5.82 Å². The van der Waals surface area contributed by atoms with Crippen molar-refractivity contribution in [2.24, 2.45) is 0 Å². The molecule has 9 heteroatoms. The lowest BCUT2D eigenvalue weighted by atomic mass is 10.2. The molecule has 6 rings (SSSR count). The molecule has 1 saturated carbocycles. The smallest absolute Gasteiger partial charge is 0.164 e. The Kier molecular flexibility index (Phi) is 4.78. The Bertz CT molecular complexity index is 1420. The van der Waals surface area contributed by atoms with Gasteiger partial charge in [0.1, 0.15) is 23.7 Å². The fourth-order valence-electron chi connectivity index (χ4n) is 4.87. The predicted octanol–water partition coefficient (Wildman–Crippen LogP) is 2.35. The van der Waals surface area contributed by atoms with E-state index in [-0.39, 0.29) is 6.04 Å². The van der Waals surface area contributed by atoms with E-state index in [0.717, 1.165) is 29.9 Å². The van der Waals surface area contributed by atoms with Crippen LogP contribution in [-0.4, -0.2) is 55.6 Å². The number of hydrogen-bond acceptors (Lipinski definition) is 7. The number of nitrogens with two attached hydrogens (primary N) is 1. The number of methoxy groups -OCH3 is 1. The van der Waals surface area contributed by atoms with E-state index in [0.29, 0.717) is 41.2 Å². The largest absolute Gasteiger partial charge is 0.383 e. The zero-order chi connectivity index (χ0) is 22.5. The monoisotopic (exact) mass is 442 g/mol. The van der Waals surface area contributed by atoms with Crippen LogP contribution in [-0.2, 0) is 4.74 Å². The second-order valence-electron chi connectivity index (χ2n) is 8.91. The van der Waals surface area contributed by atoms with Gasteiger partial charge in [0.05, 0.1) is 29.1 Å². The predicted molar refractivity (Wildman–Crippen MR) is 126 cm³/mol. The first-order valence-corrected chi connectivity index (χ1v) is 11.3. The molecule has 1 saturated heterocycles. The number of hydrogen-bond donors (Lipinski definition) is 2. The van der Waals surface area contributed by atoms with Gasteiger partial charge in [-0.25, -0.2) is 19.6 Å². The van der Waals surface area contributed by atoms with E-state index >= 15 is 0 Å². The molecule has 0 amide bonds. The van der Waals surface area contributed by atoms with E-state index in [1.165, 1.54) is 24.7 Å². The van der Waals surface area contributed by atoms with Crippen LogP contribution in [0.1, 0.15) is 48.4 Å². The highest BCUT2D eigenvalue weighted by Gasteiger charge is 2.29. The lowest BCUT2D eigenvalue weighted by Gasteiger charge is -2.10. The quantitative estimate of drug-likeness (QED) is 0.467. The second kappa shape index (κ2) is 7.83. The molecule has 2 fully saturated rings. The molecule has 1 aliphatic carbocycles. The number of benzene rings is 1. The van der Waals surface area contributed by atoms with E-state index in [4.69, 9.17) is 20.6 Å². The maximum absolute atomic E-state index is 6.22. The van der Waals surface area contributed by atoms with Gasteiger partial charge in [-0.05, 0) is 50.3 Å². The normalized spacial score (nSPS) is 20.4. The van der Waals surface area contributed by atoms with Crippen molar-refractivity contribution in [2.75, 3.05) is 26.0 Å². The number of aromatic nitrogens is 6. The lowest BCUT2D eigenvalue weighted by Crippen LogP contribution is -2.25. The minimum Gasteiger partial charge on any atom is -0.383 e. The zero-order valence-electron chi connectivity index (χ0n) is 18.7. The molecule has 168 valence electrons. The first-order chi connectivity index (χ1) is 16.1. The summed E-state index contributed by atoms with van der Waals surface area (Å²) in [6.45, 7) is 3.53. The van der Waals surface area contributed by atoms with Crippen LogP contribution in [0.3, 0.4) is 0 Å². The molecular weight excluding hydrogens is 416 g/mol. The van der Waals surface area contributed by atoms with Gasteiger partial charge in [0, 0.05) is 31.3 Å². The van der Waals surface area contributed by atoms with Crippen molar-refractivity contribution in [2.45, 2.75) is 44.3 Å². The van der Waals surface area contributed by atoms with Gasteiger partial charge >= 0.3 is 0 Å². The van der Waals surface area contributed by atoms with E-state index < -0.39 is 0 Å². The Morgan fingerprint density at radius 3 is 2.91 bits per heavy atom. The SMILES string of the molecule is COC[C@H]1C[C@H](n2nc(C#Cc3ccc4c(c3)nc(C)n4C3CC3)c3c(N)ncnc32)CN1. The highest BCUT2D eigenvalue weighted by Crippen LogP contribution is 2.38. The number of rotatable bonds is 4. The third-order valence-corrected chi connectivity index (χ3v) is 6.53. The molecule has 0 unspecified atom stereocenters. The summed E-state index contributed by atoms with van der Waals surface area (Å²) in [6.07, 6.45) is 4.85. The number of nitrogens with one attached hydrogen (secondary N) is 1. The van der Waals surface area contributed by atoms with Crippen LogP contribution in [0.5, 0.6) is 0 Å². The van der Waals surface area contributed by atoms with Gasteiger partial charge in [-0.3, -0.25) is 0 Å². The van der Waals surface area contributed by atoms with Gasteiger partial charge in [-0.15, -0.1) is 0 Å². The van der Waals surface area contributed by atoms with E-state index in [2.05, 4.69) is 44.7 Å². The van der Waals surface area contributed by atoms with Crippen molar-refractivity contribution < 1.29 is 4.74 Å². The highest BCUT2D eigenvalue weighted by molar-refractivity contribution is 5.90. The summed E-state index contributed by atoms with van der Waals surface area (Å²) >= 11 is 0. The van der Waals surface area contributed by atoms with Gasteiger partial charge in [0.15, 0.2) is 5.65 Å². The van der Waals surface area contributed by atoms with Crippen LogP contribution >= 0.6 is 0 Å². The molecule has 2 atom stereocenters. The molecule has 4 heterocycles. The number of fused-ring (bicyclic) bond motifs is 2.